The van der Waals surface area contributed by atoms with Gasteiger partial charge in [-0.3, -0.25) is 9.59 Å². The number of aliphatic hydroxyl groups is 1. The van der Waals surface area contributed by atoms with Gasteiger partial charge < -0.3 is 15.0 Å². The molecule has 2 N–H and O–H groups in total. The van der Waals surface area contributed by atoms with Crippen LogP contribution < -0.4 is 10.9 Å². The summed E-state index contributed by atoms with van der Waals surface area (Å²) in [5, 5.41) is 11.9. The number of aryl methyl sites for hydroxylation is 1. The highest BCUT2D eigenvalue weighted by Crippen LogP contribution is 2.42. The molecule has 0 saturated heterocycles. The van der Waals surface area contributed by atoms with Crippen molar-refractivity contribution in [3.8, 4) is 0 Å². The SMILES string of the molecule is Cn1cc(NC(=O)C(F)(F)C2(O)CCCC2)ccc1=O. The fourth-order valence-corrected chi connectivity index (χ4v) is 2.36. The number of anilines is 1. The quantitative estimate of drug-likeness (QED) is 0.879. The number of halogens is 2. The molecule has 110 valence electrons. The normalized spacial score (nSPS) is 18.0. The van der Waals surface area contributed by atoms with Gasteiger partial charge in [0.1, 0.15) is 5.60 Å². The predicted octanol–water partition coefficient (Wildman–Crippen LogP) is 1.26. The van der Waals surface area contributed by atoms with Gasteiger partial charge in [0.05, 0.1) is 5.69 Å². The van der Waals surface area contributed by atoms with Crippen LogP contribution in [0.25, 0.3) is 0 Å². The second-order valence-corrected chi connectivity index (χ2v) is 5.13. The van der Waals surface area contributed by atoms with Gasteiger partial charge in [0, 0.05) is 19.3 Å². The Morgan fingerprint density at radius 2 is 2.00 bits per heavy atom. The molecule has 20 heavy (non-hydrogen) atoms. The van der Waals surface area contributed by atoms with Gasteiger partial charge >= 0.3 is 5.92 Å². The standard InChI is InChI=1S/C13H16F2N2O3/c1-17-8-9(4-5-10(17)18)16-11(19)13(14,15)12(20)6-2-3-7-12/h4-5,8,20H,2-3,6-7H2,1H3,(H,16,19). The maximum atomic E-state index is 14.0. The minimum atomic E-state index is -3.86. The molecule has 5 nitrogen and oxygen atoms in total. The molecule has 1 amide bonds. The number of alkyl halides is 2. The van der Waals surface area contributed by atoms with Gasteiger partial charge in [-0.25, -0.2) is 0 Å². The van der Waals surface area contributed by atoms with E-state index in [2.05, 4.69) is 0 Å². The molecule has 2 rings (SSSR count). The highest BCUT2D eigenvalue weighted by Gasteiger charge is 2.59. The van der Waals surface area contributed by atoms with Crippen LogP contribution in [-0.2, 0) is 11.8 Å². The first kappa shape index (κ1) is 14.6. The molecule has 7 heteroatoms. The molecular formula is C13H16F2N2O3. The molecule has 1 aliphatic carbocycles. The van der Waals surface area contributed by atoms with Crippen LogP contribution in [0.15, 0.2) is 23.1 Å². The van der Waals surface area contributed by atoms with Crippen molar-refractivity contribution in [1.29, 1.82) is 0 Å². The predicted molar refractivity (Wildman–Crippen MR) is 68.7 cm³/mol. The number of nitrogens with one attached hydrogen (secondary N) is 1. The Balaban J connectivity index is 2.18. The van der Waals surface area contributed by atoms with Crippen molar-refractivity contribution in [2.24, 2.45) is 7.05 Å². The molecule has 0 radical (unpaired) electrons. The lowest BCUT2D eigenvalue weighted by atomic mass is 9.93. The number of nitrogens with zero attached hydrogens (tertiary/aromatic N) is 1. The summed E-state index contributed by atoms with van der Waals surface area (Å²) in [6.07, 6.45) is 1.99. The van der Waals surface area contributed by atoms with E-state index in [0.29, 0.717) is 12.8 Å². The molecule has 0 atom stereocenters. The zero-order chi connectivity index (χ0) is 15.0. The lowest BCUT2D eigenvalue weighted by Gasteiger charge is -2.30. The second kappa shape index (κ2) is 4.97. The summed E-state index contributed by atoms with van der Waals surface area (Å²) >= 11 is 0. The monoisotopic (exact) mass is 286 g/mol. The van der Waals surface area contributed by atoms with Crippen molar-refractivity contribution >= 4 is 11.6 Å². The molecule has 1 aliphatic rings. The van der Waals surface area contributed by atoms with Gasteiger partial charge in [0.2, 0.25) is 5.56 Å². The zero-order valence-corrected chi connectivity index (χ0v) is 11.0. The number of carbonyl (C=O) groups excluding carboxylic acids is 1. The Morgan fingerprint density at radius 1 is 1.40 bits per heavy atom. The molecule has 1 saturated carbocycles. The van der Waals surface area contributed by atoms with Crippen molar-refractivity contribution in [1.82, 2.24) is 4.57 Å². The number of amides is 1. The summed E-state index contributed by atoms with van der Waals surface area (Å²) in [6.45, 7) is 0. The zero-order valence-electron chi connectivity index (χ0n) is 11.0. The summed E-state index contributed by atoms with van der Waals surface area (Å²) in [4.78, 5) is 22.9. The van der Waals surface area contributed by atoms with Gasteiger partial charge in [-0.2, -0.15) is 8.78 Å². The molecule has 0 aliphatic heterocycles. The fraction of sp³-hybridized carbons (Fsp3) is 0.538. The van der Waals surface area contributed by atoms with Crippen molar-refractivity contribution in [2.45, 2.75) is 37.2 Å². The maximum Gasteiger partial charge on any atom is 0.352 e. The number of rotatable bonds is 3. The largest absolute Gasteiger partial charge is 0.383 e. The second-order valence-electron chi connectivity index (χ2n) is 5.13. The first-order chi connectivity index (χ1) is 9.26. The molecule has 0 aromatic carbocycles. The van der Waals surface area contributed by atoms with E-state index in [-0.39, 0.29) is 24.1 Å². The van der Waals surface area contributed by atoms with Crippen molar-refractivity contribution < 1.29 is 18.7 Å². The summed E-state index contributed by atoms with van der Waals surface area (Å²) in [7, 11) is 1.45. The van der Waals surface area contributed by atoms with Crippen LogP contribution in [0.3, 0.4) is 0 Å². The van der Waals surface area contributed by atoms with Crippen molar-refractivity contribution in [3.63, 3.8) is 0 Å². The van der Waals surface area contributed by atoms with E-state index >= 15 is 0 Å². The van der Waals surface area contributed by atoms with Crippen molar-refractivity contribution in [2.75, 3.05) is 5.32 Å². The maximum absolute atomic E-state index is 14.0. The number of pyridine rings is 1. The van der Waals surface area contributed by atoms with E-state index in [1.54, 1.807) is 0 Å². The van der Waals surface area contributed by atoms with E-state index in [1.165, 1.54) is 19.3 Å². The number of aromatic nitrogens is 1. The van der Waals surface area contributed by atoms with E-state index < -0.39 is 17.4 Å². The molecular weight excluding hydrogens is 270 g/mol. The van der Waals surface area contributed by atoms with Gasteiger partial charge in [-0.05, 0) is 18.9 Å². The molecule has 0 bridgehead atoms. The fourth-order valence-electron chi connectivity index (χ4n) is 2.36. The van der Waals surface area contributed by atoms with Crippen LogP contribution in [-0.4, -0.2) is 27.1 Å². The molecule has 0 unspecified atom stereocenters. The first-order valence-corrected chi connectivity index (χ1v) is 6.35. The Labute approximate surface area is 114 Å². The number of hydrogen-bond acceptors (Lipinski definition) is 3. The number of hydrogen-bond donors (Lipinski definition) is 2. The molecule has 0 spiro atoms. The summed E-state index contributed by atoms with van der Waals surface area (Å²) in [5.74, 6) is -5.42. The van der Waals surface area contributed by atoms with E-state index in [9.17, 15) is 23.5 Å². The average Bonchev–Trinajstić information content (AvgIpc) is 2.82. The van der Waals surface area contributed by atoms with Gasteiger partial charge in [0.25, 0.3) is 5.91 Å². The van der Waals surface area contributed by atoms with Crippen LogP contribution in [0.4, 0.5) is 14.5 Å². The van der Waals surface area contributed by atoms with Gasteiger partial charge in [-0.1, -0.05) is 12.8 Å². The Kier molecular flexibility index (Phi) is 3.64. The summed E-state index contributed by atoms with van der Waals surface area (Å²) in [5.41, 5.74) is -2.51. The van der Waals surface area contributed by atoms with Crippen LogP contribution in [0.1, 0.15) is 25.7 Å². The highest BCUT2D eigenvalue weighted by molar-refractivity contribution is 5.96. The van der Waals surface area contributed by atoms with Crippen LogP contribution in [0.2, 0.25) is 0 Å². The molecule has 1 fully saturated rings. The topological polar surface area (TPSA) is 71.3 Å². The molecule has 1 aromatic rings. The van der Waals surface area contributed by atoms with Crippen LogP contribution in [0.5, 0.6) is 0 Å². The van der Waals surface area contributed by atoms with E-state index in [0.717, 1.165) is 10.6 Å². The third kappa shape index (κ3) is 2.45. The van der Waals surface area contributed by atoms with E-state index in [4.69, 9.17) is 0 Å². The smallest absolute Gasteiger partial charge is 0.352 e. The third-order valence-electron chi connectivity index (χ3n) is 3.64. The summed E-state index contributed by atoms with van der Waals surface area (Å²) < 4.78 is 29.2. The molecule has 1 aromatic heterocycles. The van der Waals surface area contributed by atoms with E-state index in [1.807, 2.05) is 5.32 Å². The van der Waals surface area contributed by atoms with Gasteiger partial charge in [-0.15, -0.1) is 0 Å². The summed E-state index contributed by atoms with van der Waals surface area (Å²) in [6, 6.07) is 2.41. The van der Waals surface area contributed by atoms with Crippen LogP contribution in [0, 0.1) is 0 Å². The average molecular weight is 286 g/mol. The minimum absolute atomic E-state index is 0.0818. The first-order valence-electron chi connectivity index (χ1n) is 6.35. The highest BCUT2D eigenvalue weighted by atomic mass is 19.3. The van der Waals surface area contributed by atoms with Crippen LogP contribution >= 0.6 is 0 Å². The minimum Gasteiger partial charge on any atom is -0.383 e. The van der Waals surface area contributed by atoms with Crippen molar-refractivity contribution in [3.05, 3.63) is 28.7 Å². The number of carbonyl (C=O) groups is 1. The Morgan fingerprint density at radius 3 is 2.55 bits per heavy atom. The Hall–Kier alpha value is -1.76. The van der Waals surface area contributed by atoms with Gasteiger partial charge in [0.15, 0.2) is 0 Å². The Bertz CT molecular complexity index is 577. The lowest BCUT2D eigenvalue weighted by molar-refractivity contribution is -0.185. The third-order valence-corrected chi connectivity index (χ3v) is 3.64. The molecule has 1 heterocycles. The lowest BCUT2D eigenvalue weighted by Crippen LogP contribution is -2.53.